The van der Waals surface area contributed by atoms with Gasteiger partial charge in [0, 0.05) is 5.69 Å². The van der Waals surface area contributed by atoms with E-state index in [1.165, 1.54) is 24.9 Å². The normalized spacial score (nSPS) is 11.9. The standard InChI is InChI=1S/C14H15N3O3S/c1-9(12(15)18)20-13(19)11-8-16-14(21-2)17(11)10-6-4-3-5-7-10/h3-9H,1-2H3,(H2,15,18). The van der Waals surface area contributed by atoms with Gasteiger partial charge in [0.2, 0.25) is 0 Å². The van der Waals surface area contributed by atoms with Crippen LogP contribution in [0.25, 0.3) is 5.69 Å². The Morgan fingerprint density at radius 3 is 2.57 bits per heavy atom. The number of hydrogen-bond donors (Lipinski definition) is 1. The number of amides is 1. The van der Waals surface area contributed by atoms with Crippen molar-refractivity contribution < 1.29 is 14.3 Å². The summed E-state index contributed by atoms with van der Waals surface area (Å²) in [5, 5.41) is 0.653. The van der Waals surface area contributed by atoms with Crippen LogP contribution in [0.4, 0.5) is 0 Å². The molecule has 110 valence electrons. The van der Waals surface area contributed by atoms with E-state index in [9.17, 15) is 9.59 Å². The molecule has 1 atom stereocenters. The number of primary amides is 1. The molecule has 1 amide bonds. The predicted octanol–water partition coefficient (Wildman–Crippen LogP) is 1.62. The van der Waals surface area contributed by atoms with Crippen molar-refractivity contribution in [3.8, 4) is 5.69 Å². The number of ether oxygens (including phenoxy) is 1. The fourth-order valence-corrected chi connectivity index (χ4v) is 2.27. The fourth-order valence-electron chi connectivity index (χ4n) is 1.73. The van der Waals surface area contributed by atoms with Crippen LogP contribution in [0.3, 0.4) is 0 Å². The van der Waals surface area contributed by atoms with Gasteiger partial charge in [-0.05, 0) is 25.3 Å². The van der Waals surface area contributed by atoms with Crippen LogP contribution in [-0.4, -0.2) is 33.8 Å². The Morgan fingerprint density at radius 1 is 1.33 bits per heavy atom. The molecule has 2 rings (SSSR count). The molecule has 2 N–H and O–H groups in total. The third kappa shape index (κ3) is 3.25. The van der Waals surface area contributed by atoms with Crippen molar-refractivity contribution in [2.24, 2.45) is 5.73 Å². The topological polar surface area (TPSA) is 87.2 Å². The summed E-state index contributed by atoms with van der Waals surface area (Å²) in [6.07, 6.45) is 2.30. The second-order valence-electron chi connectivity index (χ2n) is 4.25. The molecule has 0 bridgehead atoms. The average Bonchev–Trinajstić information content (AvgIpc) is 2.91. The maximum atomic E-state index is 12.2. The van der Waals surface area contributed by atoms with Crippen LogP contribution in [0.15, 0.2) is 41.7 Å². The molecule has 0 aliphatic rings. The van der Waals surface area contributed by atoms with Crippen LogP contribution in [0.1, 0.15) is 17.4 Å². The number of carbonyl (C=O) groups is 2. The average molecular weight is 305 g/mol. The van der Waals surface area contributed by atoms with E-state index in [-0.39, 0.29) is 5.69 Å². The number of thioether (sulfide) groups is 1. The zero-order valence-electron chi connectivity index (χ0n) is 11.6. The monoisotopic (exact) mass is 305 g/mol. The van der Waals surface area contributed by atoms with Crippen molar-refractivity contribution in [2.75, 3.05) is 6.26 Å². The number of carbonyl (C=O) groups excluding carboxylic acids is 2. The first kappa shape index (κ1) is 15.1. The van der Waals surface area contributed by atoms with Gasteiger partial charge >= 0.3 is 5.97 Å². The lowest BCUT2D eigenvalue weighted by molar-refractivity contribution is -0.125. The first-order valence-corrected chi connectivity index (χ1v) is 7.44. The Kier molecular flexibility index (Phi) is 4.64. The van der Waals surface area contributed by atoms with Crippen LogP contribution in [0.5, 0.6) is 0 Å². The Balaban J connectivity index is 2.39. The van der Waals surface area contributed by atoms with Crippen LogP contribution >= 0.6 is 11.8 Å². The van der Waals surface area contributed by atoms with Gasteiger partial charge in [0.25, 0.3) is 5.91 Å². The van der Waals surface area contributed by atoms with E-state index in [0.717, 1.165) is 5.69 Å². The van der Waals surface area contributed by atoms with Gasteiger partial charge in [-0.15, -0.1) is 0 Å². The van der Waals surface area contributed by atoms with E-state index in [4.69, 9.17) is 10.5 Å². The van der Waals surface area contributed by atoms with E-state index in [0.29, 0.717) is 5.16 Å². The molecule has 1 heterocycles. The molecule has 0 saturated heterocycles. The van der Waals surface area contributed by atoms with E-state index < -0.39 is 18.0 Å². The molecule has 0 saturated carbocycles. The van der Waals surface area contributed by atoms with Gasteiger partial charge in [-0.1, -0.05) is 30.0 Å². The van der Waals surface area contributed by atoms with Crippen molar-refractivity contribution in [3.63, 3.8) is 0 Å². The summed E-state index contributed by atoms with van der Waals surface area (Å²) in [6.45, 7) is 1.43. The molecule has 0 fully saturated rings. The lowest BCUT2D eigenvalue weighted by Crippen LogP contribution is -2.31. The Hall–Kier alpha value is -2.28. The van der Waals surface area contributed by atoms with E-state index in [1.807, 2.05) is 36.6 Å². The third-order valence-corrected chi connectivity index (χ3v) is 3.47. The molecule has 0 spiro atoms. The number of nitrogens with two attached hydrogens (primary N) is 1. The number of rotatable bonds is 5. The van der Waals surface area contributed by atoms with Gasteiger partial charge in [-0.2, -0.15) is 0 Å². The number of hydrogen-bond acceptors (Lipinski definition) is 5. The number of para-hydroxylation sites is 1. The lowest BCUT2D eigenvalue weighted by Gasteiger charge is -2.12. The minimum atomic E-state index is -0.991. The van der Waals surface area contributed by atoms with Crippen molar-refractivity contribution >= 4 is 23.6 Å². The van der Waals surface area contributed by atoms with E-state index in [1.54, 1.807) is 4.57 Å². The van der Waals surface area contributed by atoms with Crippen molar-refractivity contribution in [3.05, 3.63) is 42.2 Å². The smallest absolute Gasteiger partial charge is 0.357 e. The molecule has 1 aromatic heterocycles. The summed E-state index contributed by atoms with van der Waals surface area (Å²) in [7, 11) is 0. The summed E-state index contributed by atoms with van der Waals surface area (Å²) in [4.78, 5) is 27.4. The van der Waals surface area contributed by atoms with Crippen molar-refractivity contribution in [1.82, 2.24) is 9.55 Å². The molecule has 0 aliphatic heterocycles. The molecular formula is C14H15N3O3S. The van der Waals surface area contributed by atoms with Crippen molar-refractivity contribution in [2.45, 2.75) is 18.2 Å². The highest BCUT2D eigenvalue weighted by molar-refractivity contribution is 7.98. The number of aromatic nitrogens is 2. The molecule has 0 aliphatic carbocycles. The van der Waals surface area contributed by atoms with Gasteiger partial charge in [0.05, 0.1) is 6.20 Å². The zero-order valence-corrected chi connectivity index (χ0v) is 12.5. The molecule has 0 radical (unpaired) electrons. The maximum Gasteiger partial charge on any atom is 0.357 e. The summed E-state index contributed by atoms with van der Waals surface area (Å²) >= 11 is 1.41. The quantitative estimate of drug-likeness (QED) is 0.670. The fraction of sp³-hybridized carbons (Fsp3) is 0.214. The second-order valence-corrected chi connectivity index (χ2v) is 5.02. The van der Waals surface area contributed by atoms with E-state index >= 15 is 0 Å². The second kappa shape index (κ2) is 6.45. The third-order valence-electron chi connectivity index (χ3n) is 2.82. The number of nitrogens with zero attached hydrogens (tertiary/aromatic N) is 2. The molecule has 6 nitrogen and oxygen atoms in total. The Labute approximate surface area is 126 Å². The zero-order chi connectivity index (χ0) is 15.4. The van der Waals surface area contributed by atoms with Gasteiger partial charge in [-0.25, -0.2) is 9.78 Å². The highest BCUT2D eigenvalue weighted by Crippen LogP contribution is 2.22. The predicted molar refractivity (Wildman–Crippen MR) is 79.4 cm³/mol. The Morgan fingerprint density at radius 2 is 2.00 bits per heavy atom. The van der Waals surface area contributed by atoms with Crippen LogP contribution in [0, 0.1) is 0 Å². The van der Waals surface area contributed by atoms with Gasteiger partial charge in [0.1, 0.15) is 0 Å². The van der Waals surface area contributed by atoms with Crippen LogP contribution in [0.2, 0.25) is 0 Å². The Bertz CT molecular complexity index is 655. The van der Waals surface area contributed by atoms with Crippen LogP contribution < -0.4 is 5.73 Å². The maximum absolute atomic E-state index is 12.2. The highest BCUT2D eigenvalue weighted by Gasteiger charge is 2.22. The molecular weight excluding hydrogens is 290 g/mol. The first-order valence-electron chi connectivity index (χ1n) is 6.22. The number of benzene rings is 1. The van der Waals surface area contributed by atoms with Gasteiger partial charge < -0.3 is 10.5 Å². The van der Waals surface area contributed by atoms with E-state index in [2.05, 4.69) is 4.98 Å². The van der Waals surface area contributed by atoms with Crippen molar-refractivity contribution in [1.29, 1.82) is 0 Å². The summed E-state index contributed by atoms with van der Waals surface area (Å²) < 4.78 is 6.72. The molecule has 1 aromatic carbocycles. The van der Waals surface area contributed by atoms with Gasteiger partial charge in [0.15, 0.2) is 17.0 Å². The molecule has 1 unspecified atom stereocenters. The summed E-state index contributed by atoms with van der Waals surface area (Å²) in [5.41, 5.74) is 6.14. The molecule has 21 heavy (non-hydrogen) atoms. The minimum absolute atomic E-state index is 0.249. The lowest BCUT2D eigenvalue weighted by atomic mass is 10.3. The van der Waals surface area contributed by atoms with Crippen LogP contribution in [-0.2, 0) is 9.53 Å². The molecule has 7 heteroatoms. The number of imidazole rings is 1. The molecule has 2 aromatic rings. The highest BCUT2D eigenvalue weighted by atomic mass is 32.2. The SMILES string of the molecule is CSc1ncc(C(=O)OC(C)C(N)=O)n1-c1ccccc1. The minimum Gasteiger partial charge on any atom is -0.448 e. The largest absolute Gasteiger partial charge is 0.448 e. The van der Waals surface area contributed by atoms with Gasteiger partial charge in [-0.3, -0.25) is 9.36 Å². The first-order chi connectivity index (χ1) is 10.0. The summed E-state index contributed by atoms with van der Waals surface area (Å²) in [5.74, 6) is -1.34. The summed E-state index contributed by atoms with van der Waals surface area (Å²) in [6, 6.07) is 9.32. The number of esters is 1.